The second kappa shape index (κ2) is 8.62. The summed E-state index contributed by atoms with van der Waals surface area (Å²) in [4.78, 5) is 23.3. The van der Waals surface area contributed by atoms with Gasteiger partial charge in [0.2, 0.25) is 0 Å². The van der Waals surface area contributed by atoms with Gasteiger partial charge < -0.3 is 29.2 Å². The number of aliphatic hydroxyl groups excluding tert-OH is 1. The van der Waals surface area contributed by atoms with E-state index in [9.17, 15) is 9.90 Å². The number of piperidine rings is 2. The van der Waals surface area contributed by atoms with Crippen molar-refractivity contribution >= 4 is 11.8 Å². The average Bonchev–Trinajstić information content (AvgIpc) is 3.21. The third kappa shape index (κ3) is 4.27. The van der Waals surface area contributed by atoms with Crippen LogP contribution in [0.15, 0.2) is 24.0 Å². The number of carbonyl (C=O) groups excluding carboxylic acids is 1. The topological polar surface area (TPSA) is 79.5 Å². The standard InChI is InChI=1S/C22H28N4O4/c1-23-20-12-19(29-2)17(13-24-20)18(27)14-25-7-3-22(4-8-25)5-9-26(10-6-22)16-11-21(28)30-15-16/h11-13,18,27H,3-10,14-15H2,2H3/t18-/m0/s1. The highest BCUT2D eigenvalue weighted by atomic mass is 16.5. The van der Waals surface area contributed by atoms with Crippen LogP contribution in [0.4, 0.5) is 5.82 Å². The van der Waals surface area contributed by atoms with E-state index < -0.39 is 6.10 Å². The Morgan fingerprint density at radius 2 is 2.00 bits per heavy atom. The number of hydrogen-bond acceptors (Lipinski definition) is 7. The van der Waals surface area contributed by atoms with Crippen LogP contribution in [0.5, 0.6) is 5.75 Å². The summed E-state index contributed by atoms with van der Waals surface area (Å²) in [5, 5.41) is 10.7. The van der Waals surface area contributed by atoms with Crippen LogP contribution in [0.2, 0.25) is 0 Å². The van der Waals surface area contributed by atoms with Crippen molar-refractivity contribution in [2.24, 2.45) is 5.41 Å². The van der Waals surface area contributed by atoms with E-state index in [1.807, 2.05) is 0 Å². The van der Waals surface area contributed by atoms with Gasteiger partial charge in [0, 0.05) is 31.8 Å². The van der Waals surface area contributed by atoms with Gasteiger partial charge in [-0.25, -0.2) is 4.79 Å². The Bertz CT molecular complexity index is 860. The Morgan fingerprint density at radius 3 is 2.60 bits per heavy atom. The first-order valence-electron chi connectivity index (χ1n) is 10.5. The van der Waals surface area contributed by atoms with Crippen LogP contribution in [-0.4, -0.2) is 72.3 Å². The van der Waals surface area contributed by atoms with E-state index in [0.717, 1.165) is 57.6 Å². The summed E-state index contributed by atoms with van der Waals surface area (Å²) in [6.07, 6.45) is 6.97. The Kier molecular flexibility index (Phi) is 5.93. The highest BCUT2D eigenvalue weighted by Crippen LogP contribution is 2.42. The van der Waals surface area contributed by atoms with Gasteiger partial charge in [-0.05, 0) is 44.2 Å². The van der Waals surface area contributed by atoms with Crippen LogP contribution in [0, 0.1) is 12.0 Å². The summed E-state index contributed by atoms with van der Waals surface area (Å²) in [7, 11) is 1.54. The first-order chi connectivity index (χ1) is 14.5. The molecule has 4 rings (SSSR count). The van der Waals surface area contributed by atoms with Gasteiger partial charge in [0.1, 0.15) is 18.6 Å². The normalized spacial score (nSPS) is 22.4. The molecule has 2 saturated heterocycles. The van der Waals surface area contributed by atoms with Crippen LogP contribution >= 0.6 is 0 Å². The van der Waals surface area contributed by atoms with Gasteiger partial charge in [0.15, 0.2) is 0 Å². The number of likely N-dealkylation sites (tertiary alicyclic amines) is 2. The minimum Gasteiger partial charge on any atom is -0.497 e. The van der Waals surface area contributed by atoms with E-state index in [-0.39, 0.29) is 11.8 Å². The van der Waals surface area contributed by atoms with Crippen LogP contribution < -0.4 is 4.74 Å². The Morgan fingerprint density at radius 1 is 1.30 bits per heavy atom. The maximum absolute atomic E-state index is 11.3. The molecule has 0 aliphatic carbocycles. The van der Waals surface area contributed by atoms with E-state index in [1.54, 1.807) is 25.4 Å². The third-order valence-corrected chi connectivity index (χ3v) is 6.80. The number of rotatable bonds is 5. The monoisotopic (exact) mass is 412 g/mol. The van der Waals surface area contributed by atoms with E-state index >= 15 is 0 Å². The fourth-order valence-corrected chi connectivity index (χ4v) is 4.79. The molecule has 1 atom stereocenters. The lowest BCUT2D eigenvalue weighted by molar-refractivity contribution is -0.135. The summed E-state index contributed by atoms with van der Waals surface area (Å²) in [5.41, 5.74) is 2.00. The van der Waals surface area contributed by atoms with Crippen molar-refractivity contribution in [2.45, 2.75) is 31.8 Å². The quantitative estimate of drug-likeness (QED) is 0.587. The lowest BCUT2D eigenvalue weighted by Gasteiger charge is -2.47. The first kappa shape index (κ1) is 20.6. The maximum atomic E-state index is 11.3. The molecule has 3 aliphatic rings. The molecule has 8 heteroatoms. The van der Waals surface area contributed by atoms with Gasteiger partial charge in [0.25, 0.3) is 5.82 Å². The average molecular weight is 412 g/mol. The Hall–Kier alpha value is -2.63. The summed E-state index contributed by atoms with van der Waals surface area (Å²) < 4.78 is 10.4. The molecule has 1 aromatic heterocycles. The zero-order valence-corrected chi connectivity index (χ0v) is 17.3. The van der Waals surface area contributed by atoms with Crippen molar-refractivity contribution in [3.8, 4) is 5.75 Å². The highest BCUT2D eigenvalue weighted by Gasteiger charge is 2.38. The molecule has 1 spiro atoms. The van der Waals surface area contributed by atoms with Gasteiger partial charge >= 0.3 is 5.97 Å². The first-order valence-corrected chi connectivity index (χ1v) is 10.5. The number of hydrogen-bond donors (Lipinski definition) is 1. The molecule has 0 aromatic carbocycles. The number of aromatic nitrogens is 1. The Balaban J connectivity index is 1.30. The van der Waals surface area contributed by atoms with E-state index in [0.29, 0.717) is 29.9 Å². The SMILES string of the molecule is [C-]#[N+]c1cc(OC)c([C@@H](O)CN2CCC3(CC2)CCN(C2=CC(=O)OC2)CC3)cn1. The molecule has 1 N–H and O–H groups in total. The predicted octanol–water partition coefficient (Wildman–Crippen LogP) is 2.29. The predicted molar refractivity (Wildman–Crippen MR) is 110 cm³/mol. The molecular weight excluding hydrogens is 384 g/mol. The van der Waals surface area contributed by atoms with E-state index in [1.165, 1.54) is 0 Å². The van der Waals surface area contributed by atoms with Crippen LogP contribution in [0.3, 0.4) is 0 Å². The van der Waals surface area contributed by atoms with Crippen molar-refractivity contribution in [1.82, 2.24) is 14.8 Å². The minimum atomic E-state index is -0.699. The van der Waals surface area contributed by atoms with Gasteiger partial charge in [-0.15, -0.1) is 4.98 Å². The van der Waals surface area contributed by atoms with Crippen molar-refractivity contribution in [1.29, 1.82) is 0 Å². The fourth-order valence-electron chi connectivity index (χ4n) is 4.79. The summed E-state index contributed by atoms with van der Waals surface area (Å²) in [6.45, 7) is 11.9. The number of cyclic esters (lactones) is 1. The van der Waals surface area contributed by atoms with Gasteiger partial charge in [-0.3, -0.25) is 0 Å². The molecule has 0 bridgehead atoms. The second-order valence-electron chi connectivity index (χ2n) is 8.44. The van der Waals surface area contributed by atoms with Crippen LogP contribution in [0.25, 0.3) is 4.85 Å². The molecule has 2 fully saturated rings. The fraction of sp³-hybridized carbons (Fsp3) is 0.591. The zero-order valence-electron chi connectivity index (χ0n) is 17.3. The van der Waals surface area contributed by atoms with Gasteiger partial charge in [-0.1, -0.05) is 6.57 Å². The lowest BCUT2D eigenvalue weighted by atomic mass is 9.71. The van der Waals surface area contributed by atoms with E-state index in [4.69, 9.17) is 16.0 Å². The molecule has 0 saturated carbocycles. The maximum Gasteiger partial charge on any atom is 0.333 e. The molecule has 0 unspecified atom stereocenters. The minimum absolute atomic E-state index is 0.229. The summed E-state index contributed by atoms with van der Waals surface area (Å²) >= 11 is 0. The van der Waals surface area contributed by atoms with Crippen LogP contribution in [0.1, 0.15) is 37.4 Å². The van der Waals surface area contributed by atoms with E-state index in [2.05, 4.69) is 19.6 Å². The number of carbonyl (C=O) groups is 1. The molecule has 3 aliphatic heterocycles. The zero-order chi connectivity index (χ0) is 21.1. The summed E-state index contributed by atoms with van der Waals surface area (Å²) in [5.74, 6) is 0.541. The van der Waals surface area contributed by atoms with Crippen LogP contribution in [-0.2, 0) is 9.53 Å². The molecule has 160 valence electrons. The smallest absolute Gasteiger partial charge is 0.333 e. The van der Waals surface area contributed by atoms with Crippen molar-refractivity contribution in [2.75, 3.05) is 46.4 Å². The second-order valence-corrected chi connectivity index (χ2v) is 8.44. The van der Waals surface area contributed by atoms with Crippen molar-refractivity contribution in [3.05, 3.63) is 41.0 Å². The highest BCUT2D eigenvalue weighted by molar-refractivity contribution is 5.85. The third-order valence-electron chi connectivity index (χ3n) is 6.80. The molecular formula is C22H28N4O4. The molecule has 0 amide bonds. The number of pyridine rings is 1. The number of esters is 1. The Labute approximate surface area is 176 Å². The van der Waals surface area contributed by atoms with Gasteiger partial charge in [0.05, 0.1) is 24.5 Å². The number of aliphatic hydroxyl groups is 1. The lowest BCUT2D eigenvalue weighted by Crippen LogP contribution is -2.47. The number of β-amino-alcohol motifs (C(OH)–C–C–N with tert-alkyl or cyclic N) is 1. The number of nitrogens with zero attached hydrogens (tertiary/aromatic N) is 4. The largest absolute Gasteiger partial charge is 0.497 e. The van der Waals surface area contributed by atoms with Crippen molar-refractivity contribution in [3.63, 3.8) is 0 Å². The summed E-state index contributed by atoms with van der Waals surface area (Å²) in [6, 6.07) is 1.57. The molecule has 30 heavy (non-hydrogen) atoms. The number of methoxy groups -OCH3 is 1. The molecule has 1 aromatic rings. The number of ether oxygens (including phenoxy) is 2. The van der Waals surface area contributed by atoms with Gasteiger partial charge in [-0.2, -0.15) is 0 Å². The molecule has 0 radical (unpaired) electrons. The molecule has 4 heterocycles. The van der Waals surface area contributed by atoms with Crippen molar-refractivity contribution < 1.29 is 19.4 Å². The molecule has 8 nitrogen and oxygen atoms in total.